The third kappa shape index (κ3) is 8.20. The van der Waals surface area contributed by atoms with E-state index in [4.69, 9.17) is 187 Å². The average Bonchev–Trinajstić information content (AvgIpc) is 3.74. The van der Waals surface area contributed by atoms with E-state index >= 15 is 0 Å². The van der Waals surface area contributed by atoms with E-state index in [1.807, 2.05) is 53.1 Å². The van der Waals surface area contributed by atoms with E-state index in [0.29, 0.717) is 5.69 Å². The van der Waals surface area contributed by atoms with E-state index in [0.717, 1.165) is 21.8 Å². The summed E-state index contributed by atoms with van der Waals surface area (Å²) in [5.74, 6) is -0.711. The van der Waals surface area contributed by atoms with Crippen LogP contribution in [0.3, 0.4) is 0 Å². The number of hydrogen-bond acceptors (Lipinski definition) is 6. The van der Waals surface area contributed by atoms with Crippen molar-refractivity contribution >= 4 is 288 Å². The third-order valence-corrected chi connectivity index (χ3v) is 13.3. The van der Waals surface area contributed by atoms with Crippen LogP contribution < -0.4 is 109 Å². The second-order valence-corrected chi connectivity index (χ2v) is 17.5. The quantitative estimate of drug-likeness (QED) is 0.148. The summed E-state index contributed by atoms with van der Waals surface area (Å²) in [4.78, 5) is 29.4. The highest BCUT2D eigenvalue weighted by Gasteiger charge is 2.26. The van der Waals surface area contributed by atoms with Gasteiger partial charge in [-0.2, -0.15) is 0 Å². The molecule has 3 aromatic heterocycles. The molecule has 10 rings (SSSR count). The Hall–Kier alpha value is -6.34. The zero-order chi connectivity index (χ0) is 54.0. The van der Waals surface area contributed by atoms with Crippen LogP contribution in [0.5, 0.6) is 0 Å². The van der Waals surface area contributed by atoms with E-state index in [9.17, 15) is 0 Å². The van der Waals surface area contributed by atoms with Gasteiger partial charge in [0.1, 0.15) is 157 Å². The molecule has 0 fully saturated rings. The smallest absolute Gasteiger partial charge is 0.166 e. The number of benzene rings is 7. The zero-order valence-electron chi connectivity index (χ0n) is 39.5. The van der Waals surface area contributed by atoms with Gasteiger partial charge >= 0.3 is 0 Å². The largest absolute Gasteiger partial charge is 0.309 e. The number of rotatable bonds is 7. The van der Waals surface area contributed by atoms with Crippen LogP contribution in [0, 0.1) is 0 Å². The summed E-state index contributed by atoms with van der Waals surface area (Å²) in [5.41, 5.74) is 0.876. The molecule has 0 unspecified atom stereocenters. The van der Waals surface area contributed by atoms with Gasteiger partial charge in [0.15, 0.2) is 34.9 Å². The second kappa shape index (κ2) is 19.3. The lowest BCUT2D eigenvalue weighted by Gasteiger charge is -2.23. The molecule has 298 valence electrons. The Morgan fingerprint density at radius 2 is 0.507 bits per heavy atom. The summed E-state index contributed by atoms with van der Waals surface area (Å²) >= 11 is 0. The van der Waals surface area contributed by atoms with Crippen molar-refractivity contribution in [3.63, 3.8) is 0 Å². The first-order chi connectivity index (χ1) is 35.5. The Balaban J connectivity index is 1.37. The molecule has 0 atom stereocenters. The van der Waals surface area contributed by atoms with Crippen LogP contribution in [-0.2, 0) is 0 Å². The molecule has 0 spiro atoms. The van der Waals surface area contributed by atoms with Gasteiger partial charge in [-0.15, -0.1) is 65.6 Å². The number of para-hydroxylation sites is 2. The predicted molar refractivity (Wildman–Crippen MR) is 328 cm³/mol. The molecule has 0 amide bonds. The molecule has 7 nitrogen and oxygen atoms in total. The molecular formula is C48H11B20N7. The minimum Gasteiger partial charge on any atom is -0.309 e. The van der Waals surface area contributed by atoms with Gasteiger partial charge in [-0.05, 0) is 30.3 Å². The number of fused-ring (bicyclic) bond motifs is 3. The van der Waals surface area contributed by atoms with Crippen molar-refractivity contribution in [2.75, 3.05) is 0 Å². The molecule has 7 aromatic carbocycles. The molecule has 0 bridgehead atoms. The van der Waals surface area contributed by atoms with E-state index in [1.165, 1.54) is 0 Å². The molecule has 27 heteroatoms. The van der Waals surface area contributed by atoms with Crippen molar-refractivity contribution in [2.24, 2.45) is 0 Å². The lowest BCUT2D eigenvalue weighted by Crippen LogP contribution is -2.55. The molecule has 0 N–H and O–H groups in total. The van der Waals surface area contributed by atoms with Gasteiger partial charge in [0.2, 0.25) is 0 Å². The van der Waals surface area contributed by atoms with Crippen LogP contribution in [0.1, 0.15) is 0 Å². The minimum absolute atomic E-state index is 0.000879. The average molecular weight is 902 g/mol. The standard InChI is InChI=1S/C48H11B20N7/c49-23-19(24(50)32(58)39(65)31(23)57)45-69-43(70-46(73-45)20-25(51)33(59)40(66)34(60)26(20)52)12-9-10-18(75-16-7-3-1-5-13(16)14-6-2-4-8-17(14)75)15(11-12)44-71-47(21-27(53)35(61)41(67)36(62)28(21)54)74-48(72-44)22-29(55)37(63)42(68)38(64)30(22)56/h1-11H. The minimum atomic E-state index is -0.159. The summed E-state index contributed by atoms with van der Waals surface area (Å²) in [6.45, 7) is 0. The summed E-state index contributed by atoms with van der Waals surface area (Å²) in [6, 6.07) is 20.8. The van der Waals surface area contributed by atoms with Crippen molar-refractivity contribution < 1.29 is 0 Å². The number of hydrogen-bond donors (Lipinski definition) is 0. The SMILES string of the molecule is [B]c1c([B])c([B])c(-c2nc(-c3ccc(-n4c5ccccc5c5ccccc54)c(-c4nc(-c5c([B])c([B])c([B])c([B])c5[B])nc(-c5c([B])c([B])c([B])c([B])c5[B])n4)c3)nc(-c3c([B])c([B])c([B])c([B])c3[B])n2)c([B])c1[B]. The molecule has 0 saturated heterocycles. The summed E-state index contributed by atoms with van der Waals surface area (Å²) in [6.07, 6.45) is 0. The summed E-state index contributed by atoms with van der Waals surface area (Å²) in [7, 11) is 129. The summed E-state index contributed by atoms with van der Waals surface area (Å²) < 4.78 is 2.02. The Bertz CT molecular complexity index is 3820. The molecule has 10 aromatic rings. The van der Waals surface area contributed by atoms with Crippen molar-refractivity contribution in [1.82, 2.24) is 34.5 Å². The molecule has 0 saturated carbocycles. The normalized spacial score (nSPS) is 11.5. The number of nitrogens with zero attached hydrogens (tertiary/aromatic N) is 7. The van der Waals surface area contributed by atoms with Crippen LogP contribution in [0.25, 0.3) is 95.8 Å². The first-order valence-electron chi connectivity index (χ1n) is 22.3. The van der Waals surface area contributed by atoms with Crippen molar-refractivity contribution in [1.29, 1.82) is 0 Å². The molecule has 0 aliphatic carbocycles. The number of aromatic nitrogens is 7. The maximum atomic E-state index is 6.69. The van der Waals surface area contributed by atoms with Gasteiger partial charge in [-0.1, -0.05) is 80.1 Å². The maximum Gasteiger partial charge on any atom is 0.166 e. The Kier molecular flexibility index (Phi) is 13.4. The first-order valence-corrected chi connectivity index (χ1v) is 22.3. The molecule has 40 radical (unpaired) electrons. The topological polar surface area (TPSA) is 82.3 Å². The fourth-order valence-electron chi connectivity index (χ4n) is 9.04. The Morgan fingerprint density at radius 1 is 0.253 bits per heavy atom. The van der Waals surface area contributed by atoms with E-state index < -0.39 is 0 Å². The van der Waals surface area contributed by atoms with Crippen LogP contribution in [0.4, 0.5) is 0 Å². The lowest BCUT2D eigenvalue weighted by molar-refractivity contribution is 1.06. The van der Waals surface area contributed by atoms with E-state index in [1.54, 1.807) is 18.2 Å². The van der Waals surface area contributed by atoms with Crippen LogP contribution in [0.15, 0.2) is 66.7 Å². The fraction of sp³-hybridized carbons (Fsp3) is 0. The maximum absolute atomic E-state index is 6.69. The second-order valence-electron chi connectivity index (χ2n) is 17.5. The van der Waals surface area contributed by atoms with Crippen LogP contribution in [0.2, 0.25) is 0 Å². The molecule has 75 heavy (non-hydrogen) atoms. The van der Waals surface area contributed by atoms with E-state index in [2.05, 4.69) is 0 Å². The van der Waals surface area contributed by atoms with Crippen LogP contribution >= 0.6 is 0 Å². The van der Waals surface area contributed by atoms with Crippen molar-refractivity contribution in [2.45, 2.75) is 0 Å². The zero-order valence-corrected chi connectivity index (χ0v) is 39.5. The first kappa shape index (κ1) is 52.1. The van der Waals surface area contributed by atoms with Crippen molar-refractivity contribution in [3.8, 4) is 74.0 Å². The highest BCUT2D eigenvalue weighted by Crippen LogP contribution is 2.38. The Morgan fingerprint density at radius 3 is 0.813 bits per heavy atom. The van der Waals surface area contributed by atoms with Crippen molar-refractivity contribution in [3.05, 3.63) is 66.7 Å². The third-order valence-electron chi connectivity index (χ3n) is 13.3. The fourth-order valence-corrected chi connectivity index (χ4v) is 9.04. The Labute approximate surface area is 460 Å². The van der Waals surface area contributed by atoms with Gasteiger partial charge in [-0.25, -0.2) is 29.9 Å². The monoisotopic (exact) mass is 905 g/mol. The summed E-state index contributed by atoms with van der Waals surface area (Å²) in [5, 5.41) is 1.84. The highest BCUT2D eigenvalue weighted by atomic mass is 15.1. The molecule has 3 heterocycles. The van der Waals surface area contributed by atoms with Crippen LogP contribution in [-0.4, -0.2) is 191 Å². The lowest BCUT2D eigenvalue weighted by atomic mass is 9.60. The molecular weight excluding hydrogens is 891 g/mol. The predicted octanol–water partition coefficient (Wildman–Crippen LogP) is -13.0. The van der Waals surface area contributed by atoms with Gasteiger partial charge in [0, 0.05) is 44.2 Å². The van der Waals surface area contributed by atoms with Gasteiger partial charge in [0.25, 0.3) is 0 Å². The van der Waals surface area contributed by atoms with Gasteiger partial charge < -0.3 is 4.57 Å². The molecule has 0 aliphatic heterocycles. The van der Waals surface area contributed by atoms with Gasteiger partial charge in [-0.3, -0.25) is 0 Å². The van der Waals surface area contributed by atoms with Gasteiger partial charge in [0.05, 0.1) is 16.7 Å². The molecule has 0 aliphatic rings. The highest BCUT2D eigenvalue weighted by molar-refractivity contribution is 6.72. The van der Waals surface area contributed by atoms with E-state index in [-0.39, 0.29) is 178 Å².